The maximum Gasteiger partial charge on any atom is 0.286 e. The van der Waals surface area contributed by atoms with Crippen LogP contribution in [0.15, 0.2) is 52.0 Å². The Morgan fingerprint density at radius 3 is 2.74 bits per heavy atom. The van der Waals surface area contributed by atoms with Crippen LogP contribution in [0.2, 0.25) is 0 Å². The van der Waals surface area contributed by atoms with Gasteiger partial charge >= 0.3 is 0 Å². The number of halogens is 1. The molecule has 0 spiro atoms. The fourth-order valence-corrected chi connectivity index (χ4v) is 2.34. The van der Waals surface area contributed by atoms with Gasteiger partial charge in [0.25, 0.3) is 5.91 Å². The van der Waals surface area contributed by atoms with E-state index in [1.54, 1.807) is 36.0 Å². The number of amides is 1. The van der Waals surface area contributed by atoms with E-state index in [1.807, 2.05) is 0 Å². The van der Waals surface area contributed by atoms with E-state index < -0.39 is 0 Å². The summed E-state index contributed by atoms with van der Waals surface area (Å²) >= 11 is 1.64. The lowest BCUT2D eigenvalue weighted by atomic mass is 10.4. The molecule has 100 valence electrons. The minimum absolute atomic E-state index is 0.197. The van der Waals surface area contributed by atoms with Crippen LogP contribution in [-0.2, 0) is 0 Å². The van der Waals surface area contributed by atoms with Gasteiger partial charge in [-0.3, -0.25) is 4.79 Å². The fraction of sp³-hybridized carbons (Fsp3) is 0.214. The largest absolute Gasteiger partial charge is 0.459 e. The van der Waals surface area contributed by atoms with E-state index in [9.17, 15) is 9.18 Å². The predicted octanol–water partition coefficient (Wildman–Crippen LogP) is 3.33. The van der Waals surface area contributed by atoms with Crippen LogP contribution < -0.4 is 5.32 Å². The number of nitrogens with one attached hydrogen (secondary N) is 1. The molecule has 0 aliphatic carbocycles. The molecule has 0 fully saturated rings. The summed E-state index contributed by atoms with van der Waals surface area (Å²) in [6.45, 7) is 0.591. The van der Waals surface area contributed by atoms with Gasteiger partial charge in [0.1, 0.15) is 5.82 Å². The molecule has 0 radical (unpaired) electrons. The third kappa shape index (κ3) is 4.44. The standard InChI is InChI=1S/C14H14FNO2S/c15-11-4-6-12(7-5-11)19-10-2-8-16-14(17)13-3-1-9-18-13/h1,3-7,9H,2,8,10H2,(H,16,17). The fourth-order valence-electron chi connectivity index (χ4n) is 1.49. The second-order valence-corrected chi connectivity index (χ2v) is 5.06. The van der Waals surface area contributed by atoms with Gasteiger partial charge in [-0.2, -0.15) is 0 Å². The zero-order chi connectivity index (χ0) is 13.5. The zero-order valence-electron chi connectivity index (χ0n) is 10.3. The first-order valence-electron chi connectivity index (χ1n) is 5.96. The van der Waals surface area contributed by atoms with Gasteiger partial charge in [-0.1, -0.05) is 0 Å². The van der Waals surface area contributed by atoms with Crippen LogP contribution in [0.25, 0.3) is 0 Å². The summed E-state index contributed by atoms with van der Waals surface area (Å²) in [6.07, 6.45) is 2.31. The quantitative estimate of drug-likeness (QED) is 0.651. The summed E-state index contributed by atoms with van der Waals surface area (Å²) in [4.78, 5) is 12.5. The Hall–Kier alpha value is -1.75. The number of carbonyl (C=O) groups excluding carboxylic acids is 1. The third-order valence-corrected chi connectivity index (χ3v) is 3.53. The van der Waals surface area contributed by atoms with Gasteiger partial charge in [-0.05, 0) is 48.6 Å². The van der Waals surface area contributed by atoms with Crippen molar-refractivity contribution in [3.8, 4) is 0 Å². The van der Waals surface area contributed by atoms with Gasteiger partial charge in [0, 0.05) is 11.4 Å². The van der Waals surface area contributed by atoms with Crippen LogP contribution in [0.3, 0.4) is 0 Å². The van der Waals surface area contributed by atoms with Crippen molar-refractivity contribution < 1.29 is 13.6 Å². The molecule has 1 N–H and O–H groups in total. The van der Waals surface area contributed by atoms with E-state index in [0.717, 1.165) is 17.1 Å². The van der Waals surface area contributed by atoms with E-state index in [4.69, 9.17) is 4.42 Å². The van der Waals surface area contributed by atoms with Crippen molar-refractivity contribution >= 4 is 17.7 Å². The van der Waals surface area contributed by atoms with E-state index in [-0.39, 0.29) is 11.7 Å². The van der Waals surface area contributed by atoms with E-state index in [1.165, 1.54) is 18.4 Å². The normalized spacial score (nSPS) is 10.4. The average molecular weight is 279 g/mol. The molecule has 3 nitrogen and oxygen atoms in total. The zero-order valence-corrected chi connectivity index (χ0v) is 11.1. The summed E-state index contributed by atoms with van der Waals surface area (Å²) in [7, 11) is 0. The maximum atomic E-state index is 12.7. The SMILES string of the molecule is O=C(NCCCSc1ccc(F)cc1)c1ccco1. The van der Waals surface area contributed by atoms with Gasteiger partial charge in [-0.15, -0.1) is 11.8 Å². The first kappa shape index (κ1) is 13.7. The Bertz CT molecular complexity index is 511. The summed E-state index contributed by atoms with van der Waals surface area (Å²) in [5, 5.41) is 2.77. The van der Waals surface area contributed by atoms with Gasteiger partial charge in [0.05, 0.1) is 6.26 Å². The van der Waals surface area contributed by atoms with Gasteiger partial charge < -0.3 is 9.73 Å². The molecule has 19 heavy (non-hydrogen) atoms. The smallest absolute Gasteiger partial charge is 0.286 e. The van der Waals surface area contributed by atoms with Crippen molar-refractivity contribution in [2.75, 3.05) is 12.3 Å². The molecule has 1 amide bonds. The second-order valence-electron chi connectivity index (χ2n) is 3.89. The number of carbonyl (C=O) groups is 1. The predicted molar refractivity (Wildman–Crippen MR) is 72.8 cm³/mol. The summed E-state index contributed by atoms with van der Waals surface area (Å²) in [6, 6.07) is 9.70. The Morgan fingerprint density at radius 2 is 2.05 bits per heavy atom. The molecule has 5 heteroatoms. The topological polar surface area (TPSA) is 42.2 Å². The lowest BCUT2D eigenvalue weighted by molar-refractivity contribution is 0.0926. The van der Waals surface area contributed by atoms with Crippen LogP contribution in [0.1, 0.15) is 17.0 Å². The Balaban J connectivity index is 1.62. The average Bonchev–Trinajstić information content (AvgIpc) is 2.94. The number of rotatable bonds is 6. The Labute approximate surface area is 115 Å². The van der Waals surface area contributed by atoms with Gasteiger partial charge in [0.2, 0.25) is 0 Å². The monoisotopic (exact) mass is 279 g/mol. The van der Waals surface area contributed by atoms with Crippen molar-refractivity contribution in [3.63, 3.8) is 0 Å². The van der Waals surface area contributed by atoms with Crippen LogP contribution >= 0.6 is 11.8 Å². The Morgan fingerprint density at radius 1 is 1.26 bits per heavy atom. The lowest BCUT2D eigenvalue weighted by Gasteiger charge is -2.03. The molecule has 0 aliphatic rings. The van der Waals surface area contributed by atoms with Crippen molar-refractivity contribution in [3.05, 3.63) is 54.2 Å². The summed E-state index contributed by atoms with van der Waals surface area (Å²) in [5.74, 6) is 0.766. The minimum atomic E-state index is -0.227. The molecule has 0 saturated heterocycles. The maximum absolute atomic E-state index is 12.7. The van der Waals surface area contributed by atoms with E-state index >= 15 is 0 Å². The van der Waals surface area contributed by atoms with Crippen LogP contribution in [0.5, 0.6) is 0 Å². The number of furan rings is 1. The second kappa shape index (κ2) is 6.99. The van der Waals surface area contributed by atoms with Crippen molar-refractivity contribution in [1.82, 2.24) is 5.32 Å². The molecule has 0 saturated carbocycles. The van der Waals surface area contributed by atoms with Crippen LogP contribution in [0, 0.1) is 5.82 Å². The highest BCUT2D eigenvalue weighted by Gasteiger charge is 2.06. The molecule has 0 atom stereocenters. The summed E-state index contributed by atoms with van der Waals surface area (Å²) < 4.78 is 17.7. The van der Waals surface area contributed by atoms with Crippen molar-refractivity contribution in [1.29, 1.82) is 0 Å². The molecule has 0 unspecified atom stereocenters. The van der Waals surface area contributed by atoms with E-state index in [0.29, 0.717) is 12.3 Å². The molecule has 2 rings (SSSR count). The molecule has 0 aliphatic heterocycles. The van der Waals surface area contributed by atoms with E-state index in [2.05, 4.69) is 5.32 Å². The highest BCUT2D eigenvalue weighted by Crippen LogP contribution is 2.18. The van der Waals surface area contributed by atoms with Gasteiger partial charge in [0.15, 0.2) is 5.76 Å². The highest BCUT2D eigenvalue weighted by molar-refractivity contribution is 7.99. The molecule has 1 aromatic heterocycles. The third-order valence-electron chi connectivity index (χ3n) is 2.43. The van der Waals surface area contributed by atoms with Crippen molar-refractivity contribution in [2.24, 2.45) is 0 Å². The molecule has 2 aromatic rings. The number of benzene rings is 1. The molecule has 1 aromatic carbocycles. The first-order valence-corrected chi connectivity index (χ1v) is 6.94. The Kier molecular flexibility index (Phi) is 5.03. The lowest BCUT2D eigenvalue weighted by Crippen LogP contribution is -2.24. The van der Waals surface area contributed by atoms with Crippen molar-refractivity contribution in [2.45, 2.75) is 11.3 Å². The molecular weight excluding hydrogens is 265 g/mol. The molecule has 1 heterocycles. The number of thioether (sulfide) groups is 1. The first-order chi connectivity index (χ1) is 9.25. The minimum Gasteiger partial charge on any atom is -0.459 e. The number of hydrogen-bond donors (Lipinski definition) is 1. The summed E-state index contributed by atoms with van der Waals surface area (Å²) in [5.41, 5.74) is 0. The number of hydrogen-bond acceptors (Lipinski definition) is 3. The van der Waals surface area contributed by atoms with Crippen LogP contribution in [-0.4, -0.2) is 18.2 Å². The molecule has 0 bridgehead atoms. The van der Waals surface area contributed by atoms with Gasteiger partial charge in [-0.25, -0.2) is 4.39 Å². The van der Waals surface area contributed by atoms with Crippen LogP contribution in [0.4, 0.5) is 4.39 Å². The highest BCUT2D eigenvalue weighted by atomic mass is 32.2. The molecular formula is C14H14FNO2S.